The van der Waals surface area contributed by atoms with Crippen LogP contribution in [-0.2, 0) is 4.79 Å². The summed E-state index contributed by atoms with van der Waals surface area (Å²) in [6, 6.07) is 17.1. The Kier molecular flexibility index (Phi) is 4.94. The van der Waals surface area contributed by atoms with E-state index in [1.807, 2.05) is 0 Å². The molecular formula is C15H12Cl2O4. The SMILES string of the molecule is O=C(O)C(Cl)(Cl)C(Oc1ccccc1)Oc1ccccc1. The van der Waals surface area contributed by atoms with Crippen molar-refractivity contribution in [3.8, 4) is 11.5 Å². The molecule has 0 heterocycles. The van der Waals surface area contributed by atoms with Crippen molar-refractivity contribution >= 4 is 29.2 Å². The fraction of sp³-hybridized carbons (Fsp3) is 0.133. The van der Waals surface area contributed by atoms with Crippen molar-refractivity contribution in [2.75, 3.05) is 0 Å². The van der Waals surface area contributed by atoms with E-state index >= 15 is 0 Å². The number of aliphatic carboxylic acids is 1. The second kappa shape index (κ2) is 6.70. The molecule has 6 heteroatoms. The molecule has 2 aromatic carbocycles. The lowest BCUT2D eigenvalue weighted by Gasteiger charge is -2.27. The monoisotopic (exact) mass is 326 g/mol. The lowest BCUT2D eigenvalue weighted by molar-refractivity contribution is -0.144. The van der Waals surface area contributed by atoms with Crippen LogP contribution in [0.15, 0.2) is 60.7 Å². The van der Waals surface area contributed by atoms with E-state index in [2.05, 4.69) is 0 Å². The van der Waals surface area contributed by atoms with Gasteiger partial charge in [-0.05, 0) is 24.3 Å². The van der Waals surface area contributed by atoms with Crippen molar-refractivity contribution in [2.45, 2.75) is 10.6 Å². The normalized spacial score (nSPS) is 11.2. The van der Waals surface area contributed by atoms with Crippen LogP contribution in [0, 0.1) is 0 Å². The Morgan fingerprint density at radius 2 is 1.29 bits per heavy atom. The summed E-state index contributed by atoms with van der Waals surface area (Å²) in [5, 5.41) is 9.14. The minimum atomic E-state index is -2.26. The number of halogens is 2. The van der Waals surface area contributed by atoms with E-state index in [9.17, 15) is 4.79 Å². The second-order valence-corrected chi connectivity index (χ2v) is 5.51. The first-order valence-electron chi connectivity index (χ1n) is 6.05. The first-order valence-corrected chi connectivity index (χ1v) is 6.80. The highest BCUT2D eigenvalue weighted by molar-refractivity contribution is 6.57. The number of alkyl halides is 2. The molecule has 0 aromatic heterocycles. The molecular weight excluding hydrogens is 315 g/mol. The molecule has 4 nitrogen and oxygen atoms in total. The van der Waals surface area contributed by atoms with Crippen LogP contribution in [-0.4, -0.2) is 21.7 Å². The van der Waals surface area contributed by atoms with E-state index in [4.69, 9.17) is 37.8 Å². The number of hydrogen-bond acceptors (Lipinski definition) is 3. The predicted molar refractivity (Wildman–Crippen MR) is 80.0 cm³/mol. The van der Waals surface area contributed by atoms with E-state index in [1.165, 1.54) is 0 Å². The summed E-state index contributed by atoms with van der Waals surface area (Å²) >= 11 is 11.7. The summed E-state index contributed by atoms with van der Waals surface area (Å²) in [7, 11) is 0. The number of carboxylic acids is 1. The molecule has 0 saturated carbocycles. The number of benzene rings is 2. The van der Waals surface area contributed by atoms with E-state index in [1.54, 1.807) is 60.7 Å². The minimum absolute atomic E-state index is 0.394. The average molecular weight is 327 g/mol. The Bertz CT molecular complexity index is 546. The van der Waals surface area contributed by atoms with Gasteiger partial charge in [-0.25, -0.2) is 4.79 Å². The summed E-state index contributed by atoms with van der Waals surface area (Å²) in [6.07, 6.45) is -1.41. The van der Waals surface area contributed by atoms with Gasteiger partial charge in [0.25, 0.3) is 10.6 Å². The first kappa shape index (κ1) is 15.5. The zero-order valence-electron chi connectivity index (χ0n) is 10.8. The third-order valence-electron chi connectivity index (χ3n) is 2.55. The van der Waals surface area contributed by atoms with Crippen molar-refractivity contribution in [3.63, 3.8) is 0 Å². The molecule has 0 radical (unpaired) electrons. The maximum absolute atomic E-state index is 11.2. The summed E-state index contributed by atoms with van der Waals surface area (Å²) in [5.74, 6) is -0.668. The van der Waals surface area contributed by atoms with Gasteiger partial charge in [0, 0.05) is 0 Å². The fourth-order valence-corrected chi connectivity index (χ4v) is 1.70. The zero-order valence-corrected chi connectivity index (χ0v) is 12.3. The van der Waals surface area contributed by atoms with Gasteiger partial charge in [-0.3, -0.25) is 0 Å². The molecule has 110 valence electrons. The van der Waals surface area contributed by atoms with Crippen LogP contribution in [0.1, 0.15) is 0 Å². The van der Waals surface area contributed by atoms with Crippen molar-refractivity contribution in [1.82, 2.24) is 0 Å². The zero-order chi connectivity index (χ0) is 15.3. The Morgan fingerprint density at radius 3 is 1.62 bits per heavy atom. The standard InChI is InChI=1S/C15H12Cl2O4/c16-15(17,13(18)19)14(20-11-7-3-1-4-8-11)21-12-9-5-2-6-10-12/h1-10,14H,(H,18,19). The number of ether oxygens (including phenoxy) is 2. The van der Waals surface area contributed by atoms with Crippen molar-refractivity contribution < 1.29 is 19.4 Å². The quantitative estimate of drug-likeness (QED) is 0.649. The van der Waals surface area contributed by atoms with Gasteiger partial charge in [-0.1, -0.05) is 59.6 Å². The van der Waals surface area contributed by atoms with Gasteiger partial charge in [0.1, 0.15) is 11.5 Å². The van der Waals surface area contributed by atoms with Crippen LogP contribution in [0.4, 0.5) is 0 Å². The maximum atomic E-state index is 11.2. The number of rotatable bonds is 6. The van der Waals surface area contributed by atoms with Crippen LogP contribution in [0.2, 0.25) is 0 Å². The highest BCUT2D eigenvalue weighted by Gasteiger charge is 2.47. The Balaban J connectivity index is 2.24. The Labute approximate surface area is 131 Å². The van der Waals surface area contributed by atoms with Crippen molar-refractivity contribution in [1.29, 1.82) is 0 Å². The molecule has 0 amide bonds. The lowest BCUT2D eigenvalue weighted by Crippen LogP contribution is -2.46. The topological polar surface area (TPSA) is 55.8 Å². The largest absolute Gasteiger partial charge is 0.479 e. The third kappa shape index (κ3) is 4.03. The highest BCUT2D eigenvalue weighted by atomic mass is 35.5. The summed E-state index contributed by atoms with van der Waals surface area (Å²) in [4.78, 5) is 11.2. The van der Waals surface area contributed by atoms with Crippen LogP contribution < -0.4 is 9.47 Å². The molecule has 0 aliphatic carbocycles. The summed E-state index contributed by atoms with van der Waals surface area (Å²) in [6.45, 7) is 0. The molecule has 0 atom stereocenters. The van der Waals surface area contributed by atoms with E-state index < -0.39 is 16.6 Å². The van der Waals surface area contributed by atoms with Gasteiger partial charge in [-0.2, -0.15) is 0 Å². The number of hydrogen-bond donors (Lipinski definition) is 1. The molecule has 0 aliphatic heterocycles. The third-order valence-corrected chi connectivity index (χ3v) is 3.23. The lowest BCUT2D eigenvalue weighted by atomic mass is 10.3. The van der Waals surface area contributed by atoms with Gasteiger partial charge >= 0.3 is 5.97 Å². The molecule has 2 aromatic rings. The average Bonchev–Trinajstić information content (AvgIpc) is 2.48. The van der Waals surface area contributed by atoms with Crippen molar-refractivity contribution in [3.05, 3.63) is 60.7 Å². The number of carboxylic acid groups (broad SMARTS) is 1. The van der Waals surface area contributed by atoms with Crippen LogP contribution in [0.3, 0.4) is 0 Å². The number of carbonyl (C=O) groups is 1. The summed E-state index contributed by atoms with van der Waals surface area (Å²) < 4.78 is 8.70. The predicted octanol–water partition coefficient (Wildman–Crippen LogP) is 3.73. The smallest absolute Gasteiger partial charge is 0.348 e. The minimum Gasteiger partial charge on any atom is -0.479 e. The van der Waals surface area contributed by atoms with Crippen LogP contribution >= 0.6 is 23.2 Å². The van der Waals surface area contributed by atoms with Gasteiger partial charge in [-0.15, -0.1) is 0 Å². The summed E-state index contributed by atoms with van der Waals surface area (Å²) in [5.41, 5.74) is 0. The maximum Gasteiger partial charge on any atom is 0.348 e. The first-order chi connectivity index (χ1) is 10.00. The molecule has 0 fully saturated rings. The van der Waals surface area contributed by atoms with Gasteiger partial charge in [0.05, 0.1) is 0 Å². The van der Waals surface area contributed by atoms with Crippen molar-refractivity contribution in [2.24, 2.45) is 0 Å². The molecule has 0 saturated heterocycles. The van der Waals surface area contributed by atoms with Crippen LogP contribution in [0.5, 0.6) is 11.5 Å². The molecule has 2 rings (SSSR count). The van der Waals surface area contributed by atoms with E-state index in [0.29, 0.717) is 11.5 Å². The highest BCUT2D eigenvalue weighted by Crippen LogP contribution is 2.31. The Morgan fingerprint density at radius 1 is 0.905 bits per heavy atom. The van der Waals surface area contributed by atoms with Gasteiger partial charge in [0.2, 0.25) is 0 Å². The molecule has 21 heavy (non-hydrogen) atoms. The molecule has 0 bridgehead atoms. The van der Waals surface area contributed by atoms with Crippen LogP contribution in [0.25, 0.3) is 0 Å². The van der Waals surface area contributed by atoms with Gasteiger partial charge < -0.3 is 14.6 Å². The fourth-order valence-electron chi connectivity index (χ4n) is 1.52. The van der Waals surface area contributed by atoms with Gasteiger partial charge in [0.15, 0.2) is 0 Å². The Hall–Kier alpha value is -1.91. The van der Waals surface area contributed by atoms with E-state index in [-0.39, 0.29) is 0 Å². The van der Waals surface area contributed by atoms with E-state index in [0.717, 1.165) is 0 Å². The molecule has 0 spiro atoms. The number of para-hydroxylation sites is 2. The second-order valence-electron chi connectivity index (χ2n) is 4.12. The molecule has 0 aliphatic rings. The molecule has 1 N–H and O–H groups in total. The molecule has 0 unspecified atom stereocenters.